The van der Waals surface area contributed by atoms with E-state index < -0.39 is 5.91 Å². The molecule has 1 aliphatic rings. The van der Waals surface area contributed by atoms with Gasteiger partial charge in [-0.2, -0.15) is 0 Å². The minimum Gasteiger partial charge on any atom is -0.366 e. The second-order valence-electron chi connectivity index (χ2n) is 6.82. The van der Waals surface area contributed by atoms with Crippen molar-refractivity contribution in [1.29, 1.82) is 0 Å². The van der Waals surface area contributed by atoms with Gasteiger partial charge in [0.15, 0.2) is 5.82 Å². The summed E-state index contributed by atoms with van der Waals surface area (Å²) in [5, 5.41) is 2.78. The van der Waals surface area contributed by atoms with Crippen molar-refractivity contribution < 1.29 is 9.18 Å². The van der Waals surface area contributed by atoms with E-state index in [4.69, 9.17) is 5.73 Å². The SMILES string of the molecule is N[C@@H]1CCCN(c2c(F)cccc2NC(=O)c2ncc(-c3ccncc3)[nH]2)C1. The number of pyridine rings is 1. The Hall–Kier alpha value is -3.26. The number of hydrogen-bond donors (Lipinski definition) is 3. The molecule has 1 atom stereocenters. The third kappa shape index (κ3) is 3.72. The highest BCUT2D eigenvalue weighted by Gasteiger charge is 2.23. The summed E-state index contributed by atoms with van der Waals surface area (Å²) in [5.74, 6) is -0.672. The largest absolute Gasteiger partial charge is 0.366 e. The Morgan fingerprint density at radius 1 is 1.29 bits per heavy atom. The molecule has 0 radical (unpaired) electrons. The van der Waals surface area contributed by atoms with Crippen LogP contribution in [-0.2, 0) is 0 Å². The van der Waals surface area contributed by atoms with Crippen molar-refractivity contribution in [2.45, 2.75) is 18.9 Å². The number of imidazole rings is 1. The number of hydrogen-bond acceptors (Lipinski definition) is 5. The van der Waals surface area contributed by atoms with Crippen LogP contribution in [-0.4, -0.2) is 40.0 Å². The number of nitrogens with two attached hydrogens (primary N) is 1. The van der Waals surface area contributed by atoms with Gasteiger partial charge in [0.05, 0.1) is 23.3 Å². The first-order valence-electron chi connectivity index (χ1n) is 9.17. The average molecular weight is 380 g/mol. The van der Waals surface area contributed by atoms with Gasteiger partial charge < -0.3 is 20.9 Å². The summed E-state index contributed by atoms with van der Waals surface area (Å²) < 4.78 is 14.6. The minimum atomic E-state index is -0.437. The van der Waals surface area contributed by atoms with Crippen molar-refractivity contribution in [1.82, 2.24) is 15.0 Å². The number of piperidine rings is 1. The van der Waals surface area contributed by atoms with Gasteiger partial charge in [-0.25, -0.2) is 9.37 Å². The maximum Gasteiger partial charge on any atom is 0.291 e. The molecule has 0 aliphatic carbocycles. The summed E-state index contributed by atoms with van der Waals surface area (Å²) in [6.07, 6.45) is 6.71. The second-order valence-corrected chi connectivity index (χ2v) is 6.82. The Bertz CT molecular complexity index is 974. The van der Waals surface area contributed by atoms with Crippen LogP contribution < -0.4 is 16.0 Å². The number of aromatic amines is 1. The molecule has 4 rings (SSSR count). The van der Waals surface area contributed by atoms with Gasteiger partial charge >= 0.3 is 0 Å². The van der Waals surface area contributed by atoms with Crippen molar-refractivity contribution in [2.24, 2.45) is 5.73 Å². The number of aromatic nitrogens is 3. The van der Waals surface area contributed by atoms with Crippen molar-refractivity contribution in [3.8, 4) is 11.3 Å². The fraction of sp³-hybridized carbons (Fsp3) is 0.250. The topological polar surface area (TPSA) is 99.9 Å². The second kappa shape index (κ2) is 7.77. The van der Waals surface area contributed by atoms with Crippen LogP contribution in [0.25, 0.3) is 11.3 Å². The van der Waals surface area contributed by atoms with Gasteiger partial charge in [0.2, 0.25) is 0 Å². The molecule has 1 fully saturated rings. The molecule has 1 saturated heterocycles. The maximum atomic E-state index is 14.6. The van der Waals surface area contributed by atoms with Crippen LogP contribution in [0.15, 0.2) is 48.9 Å². The van der Waals surface area contributed by atoms with E-state index in [0.717, 1.165) is 18.4 Å². The molecule has 3 heterocycles. The molecule has 0 spiro atoms. The molecule has 7 nitrogen and oxygen atoms in total. The standard InChI is InChI=1S/C20H21FN6O/c21-15-4-1-5-16(18(15)27-10-2-3-14(22)12-27)26-20(28)19-24-11-17(25-19)13-6-8-23-9-7-13/h1,4-9,11,14H,2-3,10,12,22H2,(H,24,25)(H,26,28)/t14-/m1/s1. The third-order valence-corrected chi connectivity index (χ3v) is 4.79. The van der Waals surface area contributed by atoms with Crippen LogP contribution in [0, 0.1) is 5.82 Å². The molecule has 144 valence electrons. The number of para-hydroxylation sites is 1. The molecule has 4 N–H and O–H groups in total. The molecule has 1 aromatic carbocycles. The Morgan fingerprint density at radius 2 is 2.11 bits per heavy atom. The van der Waals surface area contributed by atoms with E-state index in [1.54, 1.807) is 30.7 Å². The number of amides is 1. The molecule has 28 heavy (non-hydrogen) atoms. The van der Waals surface area contributed by atoms with Crippen LogP contribution in [0.1, 0.15) is 23.5 Å². The summed E-state index contributed by atoms with van der Waals surface area (Å²) in [6, 6.07) is 8.27. The highest BCUT2D eigenvalue weighted by molar-refractivity contribution is 6.04. The van der Waals surface area contributed by atoms with Gasteiger partial charge in [0.1, 0.15) is 5.82 Å². The van der Waals surface area contributed by atoms with Gasteiger partial charge in [-0.3, -0.25) is 9.78 Å². The Kier molecular flexibility index (Phi) is 5.03. The van der Waals surface area contributed by atoms with Gasteiger partial charge in [0, 0.05) is 37.1 Å². The normalized spacial score (nSPS) is 16.8. The Morgan fingerprint density at radius 3 is 2.89 bits per heavy atom. The van der Waals surface area contributed by atoms with E-state index in [0.29, 0.717) is 30.2 Å². The number of nitrogens with zero attached hydrogens (tertiary/aromatic N) is 3. The molecule has 0 saturated carbocycles. The quantitative estimate of drug-likeness (QED) is 0.646. The summed E-state index contributed by atoms with van der Waals surface area (Å²) in [6.45, 7) is 1.25. The zero-order chi connectivity index (χ0) is 19.5. The first-order chi connectivity index (χ1) is 13.6. The molecular formula is C20H21FN6O. The summed E-state index contributed by atoms with van der Waals surface area (Å²) >= 11 is 0. The van der Waals surface area contributed by atoms with Crippen molar-refractivity contribution in [3.63, 3.8) is 0 Å². The number of halogens is 1. The highest BCUT2D eigenvalue weighted by atomic mass is 19.1. The summed E-state index contributed by atoms with van der Waals surface area (Å²) in [5.41, 5.74) is 8.39. The van der Waals surface area contributed by atoms with E-state index in [1.807, 2.05) is 17.0 Å². The van der Waals surface area contributed by atoms with Crippen LogP contribution in [0.2, 0.25) is 0 Å². The number of anilines is 2. The van der Waals surface area contributed by atoms with E-state index in [1.165, 1.54) is 6.07 Å². The number of carbonyl (C=O) groups is 1. The van der Waals surface area contributed by atoms with E-state index in [2.05, 4.69) is 20.3 Å². The van der Waals surface area contributed by atoms with Gasteiger partial charge in [-0.05, 0) is 37.1 Å². The van der Waals surface area contributed by atoms with E-state index in [-0.39, 0.29) is 17.7 Å². The van der Waals surface area contributed by atoms with Crippen LogP contribution in [0.5, 0.6) is 0 Å². The molecule has 3 aromatic rings. The fourth-order valence-electron chi connectivity index (χ4n) is 3.45. The molecule has 1 aliphatic heterocycles. The maximum absolute atomic E-state index is 14.6. The zero-order valence-corrected chi connectivity index (χ0v) is 15.2. The Labute approximate surface area is 161 Å². The van der Waals surface area contributed by atoms with Crippen LogP contribution in [0.3, 0.4) is 0 Å². The van der Waals surface area contributed by atoms with Crippen molar-refractivity contribution in [2.75, 3.05) is 23.3 Å². The molecule has 8 heteroatoms. The number of carbonyl (C=O) groups excluding carboxylic acids is 1. The summed E-state index contributed by atoms with van der Waals surface area (Å²) in [4.78, 5) is 25.7. The predicted molar refractivity (Wildman–Crippen MR) is 106 cm³/mol. The summed E-state index contributed by atoms with van der Waals surface area (Å²) in [7, 11) is 0. The lowest BCUT2D eigenvalue weighted by molar-refractivity contribution is 0.101. The lowest BCUT2D eigenvalue weighted by Crippen LogP contribution is -2.43. The molecular weight excluding hydrogens is 359 g/mol. The lowest BCUT2D eigenvalue weighted by Gasteiger charge is -2.34. The van der Waals surface area contributed by atoms with Crippen LogP contribution in [0.4, 0.5) is 15.8 Å². The fourth-order valence-corrected chi connectivity index (χ4v) is 3.45. The number of H-pyrrole nitrogens is 1. The number of benzene rings is 1. The van der Waals surface area contributed by atoms with Crippen molar-refractivity contribution in [3.05, 3.63) is 60.6 Å². The number of rotatable bonds is 4. The predicted octanol–water partition coefficient (Wildman–Crippen LogP) is 2.79. The highest BCUT2D eigenvalue weighted by Crippen LogP contribution is 2.31. The van der Waals surface area contributed by atoms with Crippen LogP contribution >= 0.6 is 0 Å². The monoisotopic (exact) mass is 380 g/mol. The third-order valence-electron chi connectivity index (χ3n) is 4.79. The minimum absolute atomic E-state index is 0.00935. The average Bonchev–Trinajstić information content (AvgIpc) is 3.19. The van der Waals surface area contributed by atoms with Gasteiger partial charge in [0.25, 0.3) is 5.91 Å². The van der Waals surface area contributed by atoms with E-state index >= 15 is 0 Å². The van der Waals surface area contributed by atoms with Crippen molar-refractivity contribution >= 4 is 17.3 Å². The lowest BCUT2D eigenvalue weighted by atomic mass is 10.1. The van der Waals surface area contributed by atoms with E-state index in [9.17, 15) is 9.18 Å². The molecule has 0 unspecified atom stereocenters. The first kappa shape index (κ1) is 18.1. The smallest absolute Gasteiger partial charge is 0.291 e. The molecule has 0 bridgehead atoms. The zero-order valence-electron chi connectivity index (χ0n) is 15.2. The number of nitrogens with one attached hydrogen (secondary N) is 2. The Balaban J connectivity index is 1.57. The van der Waals surface area contributed by atoms with Gasteiger partial charge in [-0.1, -0.05) is 6.07 Å². The molecule has 1 amide bonds. The molecule has 2 aromatic heterocycles. The first-order valence-corrected chi connectivity index (χ1v) is 9.17. The van der Waals surface area contributed by atoms with Gasteiger partial charge in [-0.15, -0.1) is 0 Å².